The Balaban J connectivity index is 2.30. The molecule has 0 fully saturated rings. The predicted octanol–water partition coefficient (Wildman–Crippen LogP) is 3.31. The van der Waals surface area contributed by atoms with Crippen molar-refractivity contribution in [3.8, 4) is 0 Å². The first kappa shape index (κ1) is 12.4. The quantitative estimate of drug-likeness (QED) is 0.583. The third kappa shape index (κ3) is 1.70. The molecule has 0 aromatic heterocycles. The van der Waals surface area contributed by atoms with E-state index in [2.05, 4.69) is 4.85 Å². The fourth-order valence-corrected chi connectivity index (χ4v) is 2.89. The highest BCUT2D eigenvalue weighted by atomic mass is 16.5. The Bertz CT molecular complexity index is 667. The molecule has 0 bridgehead atoms. The van der Waals surface area contributed by atoms with Gasteiger partial charge < -0.3 is 9.58 Å². The maximum atomic E-state index is 12.2. The highest BCUT2D eigenvalue weighted by molar-refractivity contribution is 5.84. The third-order valence-electron chi connectivity index (χ3n) is 3.77. The van der Waals surface area contributed by atoms with Crippen LogP contribution < -0.4 is 0 Å². The summed E-state index contributed by atoms with van der Waals surface area (Å²) in [6, 6.07) is 14.9. The van der Waals surface area contributed by atoms with E-state index in [1.54, 1.807) is 0 Å². The van der Waals surface area contributed by atoms with Crippen LogP contribution in [0.3, 0.4) is 0 Å². The molecule has 0 radical (unpaired) electrons. The summed E-state index contributed by atoms with van der Waals surface area (Å²) >= 11 is 0. The molecule has 0 saturated heterocycles. The van der Waals surface area contributed by atoms with E-state index < -0.39 is 5.92 Å². The molecular formula is C17H13NO2. The first-order chi connectivity index (χ1) is 9.77. The molecule has 3 nitrogen and oxygen atoms in total. The van der Waals surface area contributed by atoms with Crippen LogP contribution >= 0.6 is 0 Å². The highest BCUT2D eigenvalue weighted by Gasteiger charge is 2.39. The molecule has 0 N–H and O–H groups in total. The van der Waals surface area contributed by atoms with Crippen LogP contribution in [0.5, 0.6) is 0 Å². The van der Waals surface area contributed by atoms with Crippen LogP contribution in [-0.2, 0) is 9.53 Å². The van der Waals surface area contributed by atoms with Crippen molar-refractivity contribution >= 4 is 5.97 Å². The van der Waals surface area contributed by atoms with Gasteiger partial charge in [-0.3, -0.25) is 4.79 Å². The summed E-state index contributed by atoms with van der Waals surface area (Å²) in [5.41, 5.74) is 3.55. The van der Waals surface area contributed by atoms with Crippen molar-refractivity contribution in [1.82, 2.24) is 0 Å². The minimum Gasteiger partial charge on any atom is -0.468 e. The Morgan fingerprint density at radius 2 is 1.45 bits per heavy atom. The van der Waals surface area contributed by atoms with Crippen LogP contribution in [0.15, 0.2) is 48.5 Å². The van der Waals surface area contributed by atoms with Crippen LogP contribution in [0.1, 0.15) is 34.2 Å². The Morgan fingerprint density at radius 1 is 1.00 bits per heavy atom. The number of nitrogens with zero attached hydrogens (tertiary/aromatic N) is 1. The van der Waals surface area contributed by atoms with Crippen molar-refractivity contribution < 1.29 is 9.53 Å². The minimum absolute atomic E-state index is 0.284. The molecule has 1 aliphatic carbocycles. The van der Waals surface area contributed by atoms with Crippen LogP contribution in [0.4, 0.5) is 0 Å². The van der Waals surface area contributed by atoms with E-state index in [9.17, 15) is 4.79 Å². The normalized spacial score (nSPS) is 19.4. The molecule has 98 valence electrons. The number of benzene rings is 2. The summed E-state index contributed by atoms with van der Waals surface area (Å²) in [5.74, 6) is -0.723. The van der Waals surface area contributed by atoms with Gasteiger partial charge in [0, 0.05) is 11.1 Å². The fourth-order valence-electron chi connectivity index (χ4n) is 2.89. The molecule has 0 spiro atoms. The van der Waals surface area contributed by atoms with Crippen LogP contribution in [0, 0.1) is 6.57 Å². The Kier molecular flexibility index (Phi) is 3.00. The Hall–Kier alpha value is -2.60. The van der Waals surface area contributed by atoms with Gasteiger partial charge in [0.1, 0.15) is 5.92 Å². The zero-order valence-corrected chi connectivity index (χ0v) is 11.0. The third-order valence-corrected chi connectivity index (χ3v) is 3.77. The van der Waals surface area contributed by atoms with Gasteiger partial charge in [0.25, 0.3) is 6.04 Å². The second kappa shape index (κ2) is 4.82. The summed E-state index contributed by atoms with van der Waals surface area (Å²) in [7, 11) is 1.40. The largest absolute Gasteiger partial charge is 0.468 e. The van der Waals surface area contributed by atoms with Gasteiger partial charge in [0.2, 0.25) is 0 Å². The van der Waals surface area contributed by atoms with Crippen LogP contribution in [-0.4, -0.2) is 13.1 Å². The average Bonchev–Trinajstić information content (AvgIpc) is 2.51. The van der Waals surface area contributed by atoms with E-state index in [0.29, 0.717) is 0 Å². The topological polar surface area (TPSA) is 30.7 Å². The van der Waals surface area contributed by atoms with Crippen molar-refractivity contribution in [2.45, 2.75) is 12.0 Å². The first-order valence-corrected chi connectivity index (χ1v) is 6.40. The number of fused-ring (bicyclic) bond motifs is 2. The summed E-state index contributed by atoms with van der Waals surface area (Å²) < 4.78 is 4.96. The Labute approximate surface area is 117 Å². The molecular weight excluding hydrogens is 250 g/mol. The number of carbonyl (C=O) groups is 1. The van der Waals surface area contributed by atoms with Gasteiger partial charge in [-0.2, -0.15) is 0 Å². The molecule has 0 atom stereocenters. The molecule has 0 saturated carbocycles. The van der Waals surface area contributed by atoms with Crippen molar-refractivity contribution in [3.05, 3.63) is 82.2 Å². The summed E-state index contributed by atoms with van der Waals surface area (Å²) in [5, 5.41) is 0. The molecule has 0 heterocycles. The molecule has 3 rings (SSSR count). The molecule has 2 aromatic rings. The fraction of sp³-hybridized carbons (Fsp3) is 0.176. The number of ether oxygens (including phenoxy) is 1. The predicted molar refractivity (Wildman–Crippen MR) is 75.2 cm³/mol. The standard InChI is InChI=1S/C17H13NO2/c1-18-16-13-9-5-3-7-11(13)15(17(19)20-2)12-8-4-6-10-14(12)16/h3-10,15-16H,2H3. The van der Waals surface area contributed by atoms with Gasteiger partial charge in [-0.1, -0.05) is 48.5 Å². The van der Waals surface area contributed by atoms with Crippen molar-refractivity contribution in [1.29, 1.82) is 0 Å². The van der Waals surface area contributed by atoms with E-state index in [4.69, 9.17) is 11.3 Å². The second-order valence-corrected chi connectivity index (χ2v) is 4.75. The molecule has 3 heteroatoms. The lowest BCUT2D eigenvalue weighted by Gasteiger charge is -2.27. The van der Waals surface area contributed by atoms with E-state index in [0.717, 1.165) is 22.3 Å². The second-order valence-electron chi connectivity index (χ2n) is 4.75. The lowest BCUT2D eigenvalue weighted by Crippen LogP contribution is -2.23. The molecule has 0 aliphatic heterocycles. The van der Waals surface area contributed by atoms with Crippen molar-refractivity contribution in [2.75, 3.05) is 7.11 Å². The van der Waals surface area contributed by atoms with Gasteiger partial charge in [-0.05, 0) is 11.1 Å². The minimum atomic E-state index is -0.439. The SMILES string of the molecule is [C-]#[N+]C1c2ccccc2C(C(=O)OC)c2ccccc21. The highest BCUT2D eigenvalue weighted by Crippen LogP contribution is 2.44. The number of esters is 1. The van der Waals surface area contributed by atoms with E-state index in [1.807, 2.05) is 48.5 Å². The van der Waals surface area contributed by atoms with E-state index in [-0.39, 0.29) is 12.0 Å². The molecule has 1 aliphatic rings. The van der Waals surface area contributed by atoms with Gasteiger partial charge in [0.05, 0.1) is 7.11 Å². The monoisotopic (exact) mass is 263 g/mol. The number of hydrogen-bond donors (Lipinski definition) is 0. The summed E-state index contributed by atoms with van der Waals surface area (Å²) in [6.07, 6.45) is 0. The first-order valence-electron chi connectivity index (χ1n) is 6.40. The zero-order chi connectivity index (χ0) is 14.1. The maximum absolute atomic E-state index is 12.2. The number of hydrogen-bond acceptors (Lipinski definition) is 2. The van der Waals surface area contributed by atoms with Crippen molar-refractivity contribution in [2.24, 2.45) is 0 Å². The smallest absolute Gasteiger partial charge is 0.317 e. The van der Waals surface area contributed by atoms with E-state index >= 15 is 0 Å². The van der Waals surface area contributed by atoms with Gasteiger partial charge in [-0.15, -0.1) is 0 Å². The van der Waals surface area contributed by atoms with Crippen LogP contribution in [0.25, 0.3) is 4.85 Å². The Morgan fingerprint density at radius 3 is 1.85 bits per heavy atom. The summed E-state index contributed by atoms with van der Waals surface area (Å²) in [6.45, 7) is 7.49. The van der Waals surface area contributed by atoms with Crippen LogP contribution in [0.2, 0.25) is 0 Å². The maximum Gasteiger partial charge on any atom is 0.317 e. The van der Waals surface area contributed by atoms with Gasteiger partial charge in [-0.25, -0.2) is 6.57 Å². The van der Waals surface area contributed by atoms with Crippen molar-refractivity contribution in [3.63, 3.8) is 0 Å². The number of carbonyl (C=O) groups excluding carboxylic acids is 1. The zero-order valence-electron chi connectivity index (χ0n) is 11.0. The molecule has 20 heavy (non-hydrogen) atoms. The molecule has 0 amide bonds. The molecule has 0 unspecified atom stereocenters. The number of rotatable bonds is 1. The number of methoxy groups -OCH3 is 1. The lowest BCUT2D eigenvalue weighted by molar-refractivity contribution is -0.141. The average molecular weight is 263 g/mol. The van der Waals surface area contributed by atoms with E-state index in [1.165, 1.54) is 7.11 Å². The lowest BCUT2D eigenvalue weighted by atomic mass is 9.76. The molecule has 2 aromatic carbocycles. The van der Waals surface area contributed by atoms with Gasteiger partial charge >= 0.3 is 5.97 Å². The van der Waals surface area contributed by atoms with Gasteiger partial charge in [0.15, 0.2) is 0 Å². The summed E-state index contributed by atoms with van der Waals surface area (Å²) in [4.78, 5) is 15.9.